The number of hydrogen-bond acceptors (Lipinski definition) is 10. The predicted octanol–water partition coefficient (Wildman–Crippen LogP) is 8.39. The number of nitrogens with zero attached hydrogens (tertiary/aromatic N) is 4. The second-order valence-corrected chi connectivity index (χ2v) is 20.4. The van der Waals surface area contributed by atoms with E-state index in [1.807, 2.05) is 22.2 Å². The average molecular weight is 931 g/mol. The van der Waals surface area contributed by atoms with Crippen molar-refractivity contribution in [3.8, 4) is 33.6 Å². The summed E-state index contributed by atoms with van der Waals surface area (Å²) in [5, 5.41) is 5.84. The maximum Gasteiger partial charge on any atom is 0.407 e. The van der Waals surface area contributed by atoms with Crippen LogP contribution in [-0.4, -0.2) is 117 Å². The molecule has 6 fully saturated rings. The lowest BCUT2D eigenvalue weighted by Gasteiger charge is -2.49. The molecule has 0 radical (unpaired) electrons. The Hall–Kier alpha value is -5.74. The fourth-order valence-corrected chi connectivity index (χ4v) is 12.2. The van der Waals surface area contributed by atoms with Crippen LogP contribution in [0.4, 0.5) is 9.59 Å². The van der Waals surface area contributed by atoms with Crippen molar-refractivity contribution >= 4 is 24.0 Å². The van der Waals surface area contributed by atoms with Crippen LogP contribution in [0.5, 0.6) is 0 Å². The molecule has 4 saturated heterocycles. The van der Waals surface area contributed by atoms with Gasteiger partial charge in [0.15, 0.2) is 0 Å². The zero-order chi connectivity index (χ0) is 47.2. The molecule has 16 nitrogen and oxygen atoms in total. The van der Waals surface area contributed by atoms with Crippen LogP contribution >= 0.6 is 0 Å². The van der Waals surface area contributed by atoms with Gasteiger partial charge in [-0.1, -0.05) is 48.5 Å². The molecule has 6 aliphatic rings. The number of nitrogens with one attached hydrogen (secondary N) is 4. The number of methoxy groups -OCH3 is 2. The molecule has 4 N–H and O–H groups in total. The summed E-state index contributed by atoms with van der Waals surface area (Å²) in [6, 6.07) is 14.8. The largest absolute Gasteiger partial charge is 0.453 e. The van der Waals surface area contributed by atoms with Crippen LogP contribution in [0.25, 0.3) is 33.6 Å². The third kappa shape index (κ3) is 8.89. The van der Waals surface area contributed by atoms with Gasteiger partial charge in [-0.2, -0.15) is 0 Å². The van der Waals surface area contributed by atoms with E-state index in [0.717, 1.165) is 122 Å². The molecule has 0 bridgehead atoms. The molecule has 4 unspecified atom stereocenters. The molecule has 10 rings (SSSR count). The van der Waals surface area contributed by atoms with Gasteiger partial charge < -0.3 is 49.3 Å². The summed E-state index contributed by atoms with van der Waals surface area (Å²) in [5.41, 5.74) is 5.44. The number of benzene rings is 2. The molecule has 4 aromatic rings. The molecule has 2 spiro atoms. The number of aromatic amines is 2. The Balaban J connectivity index is 0.801. The zero-order valence-corrected chi connectivity index (χ0v) is 39.8. The van der Waals surface area contributed by atoms with Gasteiger partial charge in [-0.3, -0.25) is 9.59 Å². The van der Waals surface area contributed by atoms with E-state index in [1.165, 1.54) is 14.2 Å². The number of hydrogen-bond donors (Lipinski definition) is 4. The van der Waals surface area contributed by atoms with Crippen LogP contribution in [0.15, 0.2) is 60.9 Å². The standard InChI is InChI=1S/C52H66N8O8/c1-31-7-17-41(59(31)47(61)43(57-49(63)65-3)37-19-25-67-51(27-37)21-5-22-51)45-53-29-39(55-45)35-13-9-33(10-14-35)34-11-15-36(16-12-34)40-30-54-46(56-40)42-18-8-32(2)60(42)48(62)44(58-50(64)66-4)38-20-26-68-52(28-38)23-6-24-52/h9-16,29-32,37-38,41-44H,5-8,17-28H2,1-4H3,(H,53,55)(H,54,56)(H,57,63)(H,58,64)/t31-,32-,37?,38?,41-,42-,43?,44?/m0/s1. The van der Waals surface area contributed by atoms with Crippen LogP contribution in [0.3, 0.4) is 0 Å². The minimum atomic E-state index is -0.705. The summed E-state index contributed by atoms with van der Waals surface area (Å²) in [7, 11) is 2.67. The zero-order valence-electron chi connectivity index (χ0n) is 39.8. The number of ether oxygens (including phenoxy) is 4. The Morgan fingerprint density at radius 2 is 0.985 bits per heavy atom. The lowest BCUT2D eigenvalue weighted by atomic mass is 9.70. The molecule has 2 aromatic carbocycles. The Labute approximate surface area is 398 Å². The number of carbonyl (C=O) groups excluding carboxylic acids is 4. The summed E-state index contributed by atoms with van der Waals surface area (Å²) in [6.45, 7) is 5.30. The Bertz CT molecular complexity index is 2290. The molecule has 2 aromatic heterocycles. The van der Waals surface area contributed by atoms with Crippen LogP contribution in [0, 0.1) is 11.8 Å². The smallest absolute Gasteiger partial charge is 0.407 e. The molecule has 2 aliphatic carbocycles. The highest BCUT2D eigenvalue weighted by Crippen LogP contribution is 2.48. The fourth-order valence-electron chi connectivity index (χ4n) is 12.2. The number of rotatable bonds is 11. The van der Waals surface area contributed by atoms with Gasteiger partial charge in [0.1, 0.15) is 23.7 Å². The van der Waals surface area contributed by atoms with Crippen molar-refractivity contribution < 1.29 is 38.1 Å². The Morgan fingerprint density at radius 1 is 0.603 bits per heavy atom. The number of amides is 4. The van der Waals surface area contributed by atoms with Crippen molar-refractivity contribution in [2.75, 3.05) is 27.4 Å². The maximum atomic E-state index is 14.5. The summed E-state index contributed by atoms with van der Waals surface area (Å²) in [6.07, 6.45) is 14.8. The van der Waals surface area contributed by atoms with Gasteiger partial charge >= 0.3 is 12.2 Å². The molecular formula is C52H66N8O8. The van der Waals surface area contributed by atoms with Gasteiger partial charge in [-0.05, 0) is 138 Å². The predicted molar refractivity (Wildman–Crippen MR) is 253 cm³/mol. The number of aromatic nitrogens is 4. The average Bonchev–Trinajstić information content (AvgIpc) is 4.18. The third-order valence-corrected chi connectivity index (χ3v) is 16.4. The first-order valence-corrected chi connectivity index (χ1v) is 24.9. The van der Waals surface area contributed by atoms with Gasteiger partial charge in [0.05, 0.1) is 61.3 Å². The van der Waals surface area contributed by atoms with Crippen LogP contribution in [0.2, 0.25) is 0 Å². The monoisotopic (exact) mass is 931 g/mol. The van der Waals surface area contributed by atoms with E-state index in [1.54, 1.807) is 0 Å². The summed E-state index contributed by atoms with van der Waals surface area (Å²) >= 11 is 0. The highest BCUT2D eigenvalue weighted by Gasteiger charge is 2.50. The number of alkyl carbamates (subject to hydrolysis) is 2. The number of likely N-dealkylation sites (tertiary alicyclic amines) is 2. The highest BCUT2D eigenvalue weighted by atomic mass is 16.5. The van der Waals surface area contributed by atoms with Crippen LogP contribution in [0.1, 0.15) is 127 Å². The summed E-state index contributed by atoms with van der Waals surface area (Å²) in [4.78, 5) is 74.8. The van der Waals surface area contributed by atoms with Gasteiger partial charge in [-0.15, -0.1) is 0 Å². The number of imidazole rings is 2. The van der Waals surface area contributed by atoms with Crippen LogP contribution < -0.4 is 10.6 Å². The van der Waals surface area contributed by atoms with E-state index in [0.29, 0.717) is 26.1 Å². The first kappa shape index (κ1) is 46.0. The van der Waals surface area contributed by atoms with Gasteiger partial charge in [0.2, 0.25) is 11.8 Å². The molecule has 6 heterocycles. The van der Waals surface area contributed by atoms with E-state index in [4.69, 9.17) is 28.9 Å². The normalized spacial score (nSPS) is 26.9. The third-order valence-electron chi connectivity index (χ3n) is 16.4. The van der Waals surface area contributed by atoms with Crippen molar-refractivity contribution in [1.82, 2.24) is 40.4 Å². The quantitative estimate of drug-likeness (QED) is 0.114. The van der Waals surface area contributed by atoms with E-state index in [9.17, 15) is 19.2 Å². The minimum absolute atomic E-state index is 0.0169. The Kier molecular flexibility index (Phi) is 12.8. The molecule has 8 atom stereocenters. The summed E-state index contributed by atoms with van der Waals surface area (Å²) < 4.78 is 22.4. The molecule has 2 saturated carbocycles. The fraction of sp³-hybridized carbons (Fsp3) is 0.577. The van der Waals surface area contributed by atoms with Gasteiger partial charge in [0.25, 0.3) is 0 Å². The first-order valence-electron chi connectivity index (χ1n) is 24.9. The first-order chi connectivity index (χ1) is 33.0. The molecule has 4 amide bonds. The number of H-pyrrole nitrogens is 2. The van der Waals surface area contributed by atoms with Crippen molar-refractivity contribution in [3.05, 3.63) is 72.6 Å². The van der Waals surface area contributed by atoms with Gasteiger partial charge in [0, 0.05) is 25.3 Å². The SMILES string of the molecule is COC(=O)NC(C(=O)N1[C@@H](C)CC[C@H]1c1ncc(-c2ccc(-c3ccc(-c4cnc([C@@H]5CC[C@H](C)N5C(=O)C(NC(=O)OC)C5CCOC6(CCC6)C5)[nH]4)cc3)cc2)[nH]1)C1CCOC2(CCC2)C1. The second-order valence-electron chi connectivity index (χ2n) is 20.4. The second kappa shape index (κ2) is 19.0. The van der Waals surface area contributed by atoms with E-state index in [-0.39, 0.29) is 59.0 Å². The molecule has 4 aliphatic heterocycles. The maximum absolute atomic E-state index is 14.5. The van der Waals surface area contributed by atoms with Crippen LogP contribution in [-0.2, 0) is 28.5 Å². The minimum Gasteiger partial charge on any atom is -0.453 e. The van der Waals surface area contributed by atoms with E-state index in [2.05, 4.69) is 83.0 Å². The van der Waals surface area contributed by atoms with E-state index < -0.39 is 24.3 Å². The molecule has 362 valence electrons. The van der Waals surface area contributed by atoms with Crippen molar-refractivity contribution in [3.63, 3.8) is 0 Å². The molecular weight excluding hydrogens is 865 g/mol. The highest BCUT2D eigenvalue weighted by molar-refractivity contribution is 5.88. The molecule has 68 heavy (non-hydrogen) atoms. The van der Waals surface area contributed by atoms with Crippen molar-refractivity contribution in [1.29, 1.82) is 0 Å². The van der Waals surface area contributed by atoms with Gasteiger partial charge in [-0.25, -0.2) is 19.6 Å². The summed E-state index contributed by atoms with van der Waals surface area (Å²) in [5.74, 6) is 1.19. The lowest BCUT2D eigenvalue weighted by molar-refractivity contribution is -0.157. The number of carbonyl (C=O) groups is 4. The van der Waals surface area contributed by atoms with Crippen molar-refractivity contribution in [2.24, 2.45) is 11.8 Å². The van der Waals surface area contributed by atoms with E-state index >= 15 is 0 Å². The lowest BCUT2D eigenvalue weighted by Crippen LogP contribution is -2.57. The Morgan fingerprint density at radius 3 is 1.34 bits per heavy atom. The van der Waals surface area contributed by atoms with Crippen molar-refractivity contribution in [2.45, 2.75) is 151 Å². The molecule has 16 heteroatoms. The topological polar surface area (TPSA) is 193 Å².